The number of esters is 1. The van der Waals surface area contributed by atoms with E-state index >= 15 is 0 Å². The highest BCUT2D eigenvalue weighted by Gasteiger charge is 2.79. The summed E-state index contributed by atoms with van der Waals surface area (Å²) in [5.41, 5.74) is -1.42. The summed E-state index contributed by atoms with van der Waals surface area (Å²) in [5.74, 6) is -2.94. The molecule has 8 heteroatoms. The molecule has 2 bridgehead atoms. The Hall–Kier alpha value is -3.23. The average molecular weight is 535 g/mol. The van der Waals surface area contributed by atoms with Crippen LogP contribution in [-0.4, -0.2) is 70.8 Å². The molecule has 0 aliphatic carbocycles. The number of amides is 2. The summed E-state index contributed by atoms with van der Waals surface area (Å²) in [6, 6.07) is 12.1. The van der Waals surface area contributed by atoms with Gasteiger partial charge >= 0.3 is 5.97 Å². The molecule has 3 aliphatic heterocycles. The maximum atomic E-state index is 14.7. The van der Waals surface area contributed by atoms with Gasteiger partial charge in [-0.05, 0) is 55.5 Å². The van der Waals surface area contributed by atoms with Gasteiger partial charge in [0.15, 0.2) is 0 Å². The maximum Gasteiger partial charge on any atom is 0.312 e. The minimum atomic E-state index is -1.20. The first-order valence-corrected chi connectivity index (χ1v) is 13.8. The van der Waals surface area contributed by atoms with E-state index in [1.165, 1.54) is 4.90 Å². The van der Waals surface area contributed by atoms with Gasteiger partial charge in [-0.25, -0.2) is 0 Å². The summed E-state index contributed by atoms with van der Waals surface area (Å²) < 4.78 is 12.1. The third-order valence-corrected chi connectivity index (χ3v) is 8.93. The van der Waals surface area contributed by atoms with Gasteiger partial charge < -0.3 is 24.4 Å². The standard InChI is InChI=1S/C31H38N2O6/c1-6-16-32(22-13-12-20-10-8-9-11-21(20)17-22)28(36)26-31-15-14-30(5,39-31)25(29(37)38-7-2)24(31)27(35)33(26)23(18-34)19(3)4/h6,8-13,17,19,23-26,34H,1,7,14-16,18H2,2-5H3/t23-,24-,25+,26?,30-,31?/m0/s1. The molecule has 8 nitrogen and oxygen atoms in total. The largest absolute Gasteiger partial charge is 0.466 e. The van der Waals surface area contributed by atoms with Crippen LogP contribution in [0.5, 0.6) is 0 Å². The molecule has 208 valence electrons. The predicted octanol–water partition coefficient (Wildman–Crippen LogP) is 3.70. The first-order valence-electron chi connectivity index (χ1n) is 13.8. The zero-order valence-electron chi connectivity index (χ0n) is 23.1. The zero-order chi connectivity index (χ0) is 28.1. The van der Waals surface area contributed by atoms with Gasteiger partial charge in [0, 0.05) is 12.2 Å². The highest BCUT2D eigenvalue weighted by atomic mass is 16.6. The first-order chi connectivity index (χ1) is 18.6. The molecule has 1 N–H and O–H groups in total. The number of carbonyl (C=O) groups excluding carboxylic acids is 3. The number of carbonyl (C=O) groups is 3. The van der Waals surface area contributed by atoms with Crippen LogP contribution in [0.25, 0.3) is 10.8 Å². The van der Waals surface area contributed by atoms with E-state index in [9.17, 15) is 19.5 Å². The van der Waals surface area contributed by atoms with Crippen molar-refractivity contribution in [2.75, 3.05) is 24.7 Å². The van der Waals surface area contributed by atoms with E-state index < -0.39 is 41.1 Å². The van der Waals surface area contributed by atoms with Crippen LogP contribution in [0, 0.1) is 17.8 Å². The van der Waals surface area contributed by atoms with Crippen LogP contribution in [0.1, 0.15) is 40.5 Å². The number of fused-ring (bicyclic) bond motifs is 2. The predicted molar refractivity (Wildman–Crippen MR) is 148 cm³/mol. The van der Waals surface area contributed by atoms with Crippen molar-refractivity contribution in [3.05, 3.63) is 55.1 Å². The Morgan fingerprint density at radius 2 is 1.95 bits per heavy atom. The zero-order valence-corrected chi connectivity index (χ0v) is 23.1. The summed E-state index contributed by atoms with van der Waals surface area (Å²) in [6.45, 7) is 11.4. The molecule has 5 rings (SSSR count). The third-order valence-electron chi connectivity index (χ3n) is 8.93. The molecule has 2 unspecified atom stereocenters. The monoisotopic (exact) mass is 534 g/mol. The Bertz CT molecular complexity index is 1310. The van der Waals surface area contributed by atoms with E-state index in [1.807, 2.05) is 63.2 Å². The minimum absolute atomic E-state index is 0.133. The van der Waals surface area contributed by atoms with E-state index in [0.29, 0.717) is 18.5 Å². The van der Waals surface area contributed by atoms with Gasteiger partial charge in [-0.15, -0.1) is 6.58 Å². The Labute approximate surface area is 229 Å². The molecule has 0 saturated carbocycles. The van der Waals surface area contributed by atoms with Gasteiger partial charge in [0.05, 0.1) is 30.8 Å². The lowest BCUT2D eigenvalue weighted by molar-refractivity contribution is -0.160. The number of nitrogens with zero attached hydrogens (tertiary/aromatic N) is 2. The fourth-order valence-electron chi connectivity index (χ4n) is 7.15. The molecule has 3 fully saturated rings. The second-order valence-corrected chi connectivity index (χ2v) is 11.5. The molecule has 2 aromatic rings. The highest BCUT2D eigenvalue weighted by molar-refractivity contribution is 6.05. The molecule has 2 amide bonds. The number of anilines is 1. The van der Waals surface area contributed by atoms with Crippen molar-refractivity contribution >= 4 is 34.2 Å². The van der Waals surface area contributed by atoms with Crippen molar-refractivity contribution in [2.24, 2.45) is 17.8 Å². The molecule has 0 aromatic heterocycles. The van der Waals surface area contributed by atoms with Gasteiger partial charge in [-0.1, -0.05) is 50.3 Å². The highest BCUT2D eigenvalue weighted by Crippen LogP contribution is 2.64. The molecule has 3 aliphatic rings. The van der Waals surface area contributed by atoms with E-state index in [-0.39, 0.29) is 37.5 Å². The number of hydrogen-bond donors (Lipinski definition) is 1. The van der Waals surface area contributed by atoms with Gasteiger partial charge in [0.25, 0.3) is 5.91 Å². The normalized spacial score (nSPS) is 30.1. The lowest BCUT2D eigenvalue weighted by atomic mass is 9.66. The third kappa shape index (κ3) is 4.07. The van der Waals surface area contributed by atoms with E-state index in [4.69, 9.17) is 9.47 Å². The van der Waals surface area contributed by atoms with Gasteiger partial charge in [-0.3, -0.25) is 14.4 Å². The average Bonchev–Trinajstić information content (AvgIpc) is 3.48. The number of likely N-dealkylation sites (tertiary alicyclic amines) is 1. The van der Waals surface area contributed by atoms with Crippen molar-refractivity contribution in [1.29, 1.82) is 0 Å². The summed E-state index contributed by atoms with van der Waals surface area (Å²) in [5, 5.41) is 12.5. The van der Waals surface area contributed by atoms with Crippen LogP contribution in [0.3, 0.4) is 0 Å². The number of rotatable bonds is 9. The summed E-state index contributed by atoms with van der Waals surface area (Å²) in [6.07, 6.45) is 2.64. The molecular formula is C31H38N2O6. The molecule has 0 radical (unpaired) electrons. The van der Waals surface area contributed by atoms with Crippen LogP contribution >= 0.6 is 0 Å². The summed E-state index contributed by atoms with van der Waals surface area (Å²) >= 11 is 0. The Kier molecular flexibility index (Phi) is 7.06. The van der Waals surface area contributed by atoms with Gasteiger partial charge in [-0.2, -0.15) is 0 Å². The summed E-state index contributed by atoms with van der Waals surface area (Å²) in [7, 11) is 0. The number of ether oxygens (including phenoxy) is 2. The SMILES string of the molecule is C=CCN(C(=O)C1N([C@@H](CO)C(C)C)C(=O)[C@@H]2[C@H](C(=O)OCC)[C@]3(C)CCC12O3)c1ccc2ccccc2c1. The van der Waals surface area contributed by atoms with Crippen molar-refractivity contribution in [1.82, 2.24) is 4.90 Å². The van der Waals surface area contributed by atoms with Crippen molar-refractivity contribution in [3.8, 4) is 0 Å². The van der Waals surface area contributed by atoms with Crippen molar-refractivity contribution < 1.29 is 29.0 Å². The van der Waals surface area contributed by atoms with Crippen LogP contribution in [0.15, 0.2) is 55.1 Å². The minimum Gasteiger partial charge on any atom is -0.466 e. The molecule has 3 heterocycles. The molecular weight excluding hydrogens is 496 g/mol. The Morgan fingerprint density at radius 1 is 1.23 bits per heavy atom. The molecule has 1 spiro atoms. The maximum absolute atomic E-state index is 14.7. The van der Waals surface area contributed by atoms with E-state index in [0.717, 1.165) is 10.8 Å². The van der Waals surface area contributed by atoms with Crippen LogP contribution in [0.4, 0.5) is 5.69 Å². The fourth-order valence-corrected chi connectivity index (χ4v) is 7.15. The Morgan fingerprint density at radius 3 is 2.59 bits per heavy atom. The second-order valence-electron chi connectivity index (χ2n) is 11.5. The van der Waals surface area contributed by atoms with Gasteiger partial charge in [0.2, 0.25) is 5.91 Å². The Balaban J connectivity index is 1.64. The lowest BCUT2D eigenvalue weighted by Crippen LogP contribution is -2.60. The fraction of sp³-hybridized carbons (Fsp3) is 0.516. The number of hydrogen-bond acceptors (Lipinski definition) is 6. The van der Waals surface area contributed by atoms with E-state index in [2.05, 4.69) is 6.58 Å². The van der Waals surface area contributed by atoms with E-state index in [1.54, 1.807) is 17.9 Å². The number of aliphatic hydroxyl groups is 1. The van der Waals surface area contributed by atoms with Crippen molar-refractivity contribution in [3.63, 3.8) is 0 Å². The molecule has 6 atom stereocenters. The smallest absolute Gasteiger partial charge is 0.312 e. The summed E-state index contributed by atoms with van der Waals surface area (Å²) in [4.78, 5) is 45.4. The quantitative estimate of drug-likeness (QED) is 0.389. The van der Waals surface area contributed by atoms with Crippen LogP contribution < -0.4 is 4.90 Å². The van der Waals surface area contributed by atoms with Crippen molar-refractivity contribution in [2.45, 2.75) is 63.8 Å². The molecule has 3 saturated heterocycles. The number of benzene rings is 2. The second kappa shape index (κ2) is 10.1. The topological polar surface area (TPSA) is 96.4 Å². The molecule has 2 aromatic carbocycles. The number of aliphatic hydroxyl groups excluding tert-OH is 1. The lowest BCUT2D eigenvalue weighted by Gasteiger charge is -2.40. The van der Waals surface area contributed by atoms with Crippen LogP contribution in [-0.2, 0) is 23.9 Å². The first kappa shape index (κ1) is 27.3. The van der Waals surface area contributed by atoms with Gasteiger partial charge in [0.1, 0.15) is 17.6 Å². The van der Waals surface area contributed by atoms with Crippen LogP contribution in [0.2, 0.25) is 0 Å². The molecule has 39 heavy (non-hydrogen) atoms.